The number of hydrogen-bond donors (Lipinski definition) is 5. The van der Waals surface area contributed by atoms with Gasteiger partial charge >= 0.3 is 12.1 Å². The van der Waals surface area contributed by atoms with E-state index < -0.39 is 35.8 Å². The first-order valence-electron chi connectivity index (χ1n) is 14.1. The van der Waals surface area contributed by atoms with E-state index in [0.29, 0.717) is 35.6 Å². The molecule has 4 amide bonds. The van der Waals surface area contributed by atoms with Crippen LogP contribution in [-0.4, -0.2) is 70.4 Å². The van der Waals surface area contributed by atoms with Gasteiger partial charge in [0.05, 0.1) is 25.0 Å². The molecule has 14 nitrogen and oxygen atoms in total. The van der Waals surface area contributed by atoms with Crippen molar-refractivity contribution in [2.75, 3.05) is 6.67 Å². The number of hydrogen-bond acceptors (Lipinski definition) is 9. The van der Waals surface area contributed by atoms with Gasteiger partial charge in [-0.15, -0.1) is 0 Å². The van der Waals surface area contributed by atoms with Gasteiger partial charge in [0, 0.05) is 5.56 Å². The van der Waals surface area contributed by atoms with Crippen molar-refractivity contribution in [1.29, 1.82) is 0 Å². The number of furan rings is 1. The first-order valence-corrected chi connectivity index (χ1v) is 14.1. The number of carboxylic acids is 1. The molecule has 44 heavy (non-hydrogen) atoms. The van der Waals surface area contributed by atoms with Crippen molar-refractivity contribution >= 4 is 36.3 Å². The Kier molecular flexibility index (Phi) is 16.4. The zero-order chi connectivity index (χ0) is 33.2. The number of carbonyl (C=O) groups is 5. The molecule has 1 aromatic heterocycles. The summed E-state index contributed by atoms with van der Waals surface area (Å²) in [5, 5.41) is 27.1. The molecule has 0 saturated heterocycles. The van der Waals surface area contributed by atoms with Gasteiger partial charge in [0.25, 0.3) is 5.91 Å². The van der Waals surface area contributed by atoms with Crippen molar-refractivity contribution in [2.45, 2.75) is 78.3 Å². The van der Waals surface area contributed by atoms with Gasteiger partial charge in [-0.1, -0.05) is 45.2 Å². The van der Waals surface area contributed by atoms with Gasteiger partial charge in [-0.25, -0.2) is 5.06 Å². The molecule has 0 saturated carbocycles. The minimum atomic E-state index is -1.12. The first-order chi connectivity index (χ1) is 20.9. The molecule has 2 rings (SSSR count). The minimum absolute atomic E-state index is 0.0191. The van der Waals surface area contributed by atoms with E-state index in [2.05, 4.69) is 16.0 Å². The summed E-state index contributed by atoms with van der Waals surface area (Å²) in [5.41, 5.74) is 2.20. The molecule has 0 aliphatic rings. The highest BCUT2D eigenvalue weighted by Crippen LogP contribution is 2.25. The van der Waals surface area contributed by atoms with Crippen LogP contribution in [0.1, 0.15) is 74.6 Å². The number of rotatable bonds is 17. The van der Waals surface area contributed by atoms with E-state index in [4.69, 9.17) is 19.1 Å². The fourth-order valence-corrected chi connectivity index (χ4v) is 4.47. The van der Waals surface area contributed by atoms with Crippen molar-refractivity contribution < 1.29 is 48.3 Å². The molecule has 5 N–H and O–H groups in total. The largest absolute Gasteiger partial charge is 0.480 e. The van der Waals surface area contributed by atoms with Gasteiger partial charge in [0.2, 0.25) is 18.2 Å². The number of benzene rings is 1. The Hall–Kier alpha value is -4.81. The van der Waals surface area contributed by atoms with Gasteiger partial charge in [-0.05, 0) is 56.0 Å². The van der Waals surface area contributed by atoms with E-state index in [0.717, 1.165) is 30.4 Å². The molecular weight excluding hydrogens is 576 g/mol. The third kappa shape index (κ3) is 11.8. The Balaban J connectivity index is 0.00000309. The Morgan fingerprint density at radius 2 is 1.75 bits per heavy atom. The topological polar surface area (TPSA) is 212 Å². The molecule has 0 fully saturated rings. The van der Waals surface area contributed by atoms with Crippen LogP contribution in [0.25, 0.3) is 11.3 Å². The number of unbranched alkanes of at least 4 members (excludes halogenated alkanes) is 2. The lowest BCUT2D eigenvalue weighted by atomic mass is 9.90. The molecule has 0 spiro atoms. The Morgan fingerprint density at radius 1 is 1.07 bits per heavy atom. The molecule has 0 radical (unpaired) electrons. The van der Waals surface area contributed by atoms with Crippen LogP contribution in [0.5, 0.6) is 0 Å². The predicted molar refractivity (Wildman–Crippen MR) is 155 cm³/mol. The number of carbonyl (C=O) groups excluding carboxylic acids is 6. The van der Waals surface area contributed by atoms with E-state index in [-0.39, 0.29) is 30.9 Å². The molecule has 0 aliphatic heterocycles. The SMILES string of the molecule is CCCCC[C@@H](C(=O)NCNC(=O)c1ccc(-c2ccc(CC(=O)N[C@@H](C)C(=O)O)c(C)c2)o1)[C@@H](CC)N(O)C=O.O=C=O. The molecule has 240 valence electrons. The van der Waals surface area contributed by atoms with Crippen LogP contribution in [0.15, 0.2) is 34.7 Å². The number of hydroxylamine groups is 2. The standard InChI is InChI=1S/C29H40N4O8.CO2/c1-5-7-8-9-22(23(6-2)33(40)17-34)27(36)30-16-31-28(37)25-13-12-24(41-25)21-11-10-20(18(3)14-21)15-26(35)32-19(4)29(38)39;2-1-3/h10-14,17,19,22-23,40H,5-9,15-16H2,1-4H3,(H,30,36)(H,31,37)(H,32,35)(H,38,39);/t19-,22+,23+;/m0./s1. The number of amides is 4. The minimum Gasteiger partial charge on any atom is -0.480 e. The van der Waals surface area contributed by atoms with Crippen molar-refractivity contribution in [2.24, 2.45) is 5.92 Å². The normalized spacial score (nSPS) is 12.3. The number of aryl methyl sites for hydroxylation is 1. The highest BCUT2D eigenvalue weighted by atomic mass is 16.5. The van der Waals surface area contributed by atoms with Crippen LogP contribution in [0, 0.1) is 12.8 Å². The van der Waals surface area contributed by atoms with Crippen LogP contribution in [0.4, 0.5) is 0 Å². The van der Waals surface area contributed by atoms with Crippen LogP contribution >= 0.6 is 0 Å². The molecule has 1 heterocycles. The van der Waals surface area contributed by atoms with Crippen molar-refractivity contribution in [3.05, 3.63) is 47.2 Å². The summed E-state index contributed by atoms with van der Waals surface area (Å²) in [6.07, 6.45) is 4.06. The van der Waals surface area contributed by atoms with Gasteiger partial charge < -0.3 is 25.5 Å². The molecule has 1 aromatic carbocycles. The second-order valence-electron chi connectivity index (χ2n) is 9.98. The number of nitrogens with zero attached hydrogens (tertiary/aromatic N) is 1. The molecule has 0 aliphatic carbocycles. The van der Waals surface area contributed by atoms with Crippen LogP contribution in [-0.2, 0) is 35.2 Å². The monoisotopic (exact) mass is 616 g/mol. The van der Waals surface area contributed by atoms with E-state index >= 15 is 0 Å². The van der Waals surface area contributed by atoms with Crippen molar-refractivity contribution in [3.63, 3.8) is 0 Å². The van der Waals surface area contributed by atoms with E-state index in [1.165, 1.54) is 13.0 Å². The lowest BCUT2D eigenvalue weighted by Crippen LogP contribution is -2.47. The summed E-state index contributed by atoms with van der Waals surface area (Å²) in [4.78, 5) is 76.0. The summed E-state index contributed by atoms with van der Waals surface area (Å²) in [7, 11) is 0. The quantitative estimate of drug-likeness (QED) is 0.0575. The number of carboxylic acid groups (broad SMARTS) is 1. The summed E-state index contributed by atoms with van der Waals surface area (Å²) in [6.45, 7) is 6.85. The average Bonchev–Trinajstić information content (AvgIpc) is 3.48. The van der Waals surface area contributed by atoms with Crippen molar-refractivity contribution in [3.8, 4) is 11.3 Å². The third-order valence-electron chi connectivity index (χ3n) is 6.85. The number of nitrogens with one attached hydrogen (secondary N) is 3. The summed E-state index contributed by atoms with van der Waals surface area (Å²) in [5.74, 6) is -2.62. The van der Waals surface area contributed by atoms with Gasteiger partial charge in [0.15, 0.2) is 5.76 Å². The third-order valence-corrected chi connectivity index (χ3v) is 6.85. The maximum absolute atomic E-state index is 12.9. The lowest BCUT2D eigenvalue weighted by Gasteiger charge is -2.29. The van der Waals surface area contributed by atoms with Crippen LogP contribution in [0.3, 0.4) is 0 Å². The summed E-state index contributed by atoms with van der Waals surface area (Å²) >= 11 is 0. The number of aliphatic carboxylic acids is 1. The molecule has 14 heteroatoms. The average molecular weight is 617 g/mol. The summed E-state index contributed by atoms with van der Waals surface area (Å²) in [6, 6.07) is 6.76. The maximum Gasteiger partial charge on any atom is 0.373 e. The predicted octanol–water partition coefficient (Wildman–Crippen LogP) is 2.43. The zero-order valence-corrected chi connectivity index (χ0v) is 25.3. The second kappa shape index (κ2) is 19.4. The molecule has 3 atom stereocenters. The fourth-order valence-electron chi connectivity index (χ4n) is 4.47. The van der Waals surface area contributed by atoms with Gasteiger partial charge in [0.1, 0.15) is 11.8 Å². The van der Waals surface area contributed by atoms with Crippen molar-refractivity contribution in [1.82, 2.24) is 21.0 Å². The Morgan fingerprint density at radius 3 is 2.32 bits per heavy atom. The molecular formula is C30H40N4O10. The Labute approximate surface area is 255 Å². The first kappa shape index (κ1) is 37.2. The highest BCUT2D eigenvalue weighted by Gasteiger charge is 2.30. The van der Waals surface area contributed by atoms with E-state index in [1.807, 2.05) is 13.8 Å². The molecule has 0 bridgehead atoms. The maximum atomic E-state index is 12.9. The zero-order valence-electron chi connectivity index (χ0n) is 25.3. The fraction of sp³-hybridized carbons (Fsp3) is 0.467. The molecule has 0 unspecified atom stereocenters. The van der Waals surface area contributed by atoms with E-state index in [9.17, 15) is 29.2 Å². The Bertz CT molecular complexity index is 1300. The smallest absolute Gasteiger partial charge is 0.373 e. The van der Waals surface area contributed by atoms with E-state index in [1.54, 1.807) is 31.2 Å². The van der Waals surface area contributed by atoms with Gasteiger partial charge in [-0.2, -0.15) is 9.59 Å². The molecule has 2 aromatic rings. The van der Waals surface area contributed by atoms with Crippen LogP contribution < -0.4 is 16.0 Å². The highest BCUT2D eigenvalue weighted by molar-refractivity contribution is 5.92. The van der Waals surface area contributed by atoms with Gasteiger partial charge in [-0.3, -0.25) is 29.2 Å². The second-order valence-corrected chi connectivity index (χ2v) is 9.98. The summed E-state index contributed by atoms with van der Waals surface area (Å²) < 4.78 is 5.71. The van der Waals surface area contributed by atoms with Crippen LogP contribution in [0.2, 0.25) is 0 Å². The lowest BCUT2D eigenvalue weighted by molar-refractivity contribution is -0.191.